The third-order valence-electron chi connectivity index (χ3n) is 5.56. The second kappa shape index (κ2) is 11.6. The van der Waals surface area contributed by atoms with Gasteiger partial charge in [0.25, 0.3) is 5.91 Å². The quantitative estimate of drug-likeness (QED) is 0.387. The molecular formula is C27H30ClN3O6S. The van der Waals surface area contributed by atoms with Crippen LogP contribution in [0.2, 0.25) is 5.02 Å². The average molecular weight is 560 g/mol. The molecule has 9 nitrogen and oxygen atoms in total. The molecule has 38 heavy (non-hydrogen) atoms. The Morgan fingerprint density at radius 2 is 1.87 bits per heavy atom. The number of aromatic nitrogens is 1. The number of rotatable bonds is 8. The molecule has 0 aliphatic carbocycles. The first kappa shape index (κ1) is 27.7. The summed E-state index contributed by atoms with van der Waals surface area (Å²) in [6, 6.07) is 12.3. The summed E-state index contributed by atoms with van der Waals surface area (Å²) >= 11 is 7.23. The third kappa shape index (κ3) is 6.75. The van der Waals surface area contributed by atoms with Crippen molar-refractivity contribution in [2.24, 2.45) is 0 Å². The highest BCUT2D eigenvalue weighted by atomic mass is 35.5. The van der Waals surface area contributed by atoms with Gasteiger partial charge in [-0.05, 0) is 45.0 Å². The molecule has 2 heterocycles. The van der Waals surface area contributed by atoms with E-state index in [0.717, 1.165) is 5.56 Å². The SMILES string of the molecule is COc1cc(NC(=O)c2sc(-c3ccc(Cl)cc3)nc2CCO)ccc1OC1CN(C(=O)OC(C)(C)C)C1. The van der Waals surface area contributed by atoms with E-state index in [1.165, 1.54) is 18.4 Å². The summed E-state index contributed by atoms with van der Waals surface area (Å²) in [6.07, 6.45) is -0.309. The van der Waals surface area contributed by atoms with E-state index in [1.54, 1.807) is 35.2 Å². The van der Waals surface area contributed by atoms with Crippen molar-refractivity contribution in [3.63, 3.8) is 0 Å². The highest BCUT2D eigenvalue weighted by molar-refractivity contribution is 7.17. The van der Waals surface area contributed by atoms with Gasteiger partial charge in [0.2, 0.25) is 0 Å². The van der Waals surface area contributed by atoms with Gasteiger partial charge in [0.1, 0.15) is 21.6 Å². The van der Waals surface area contributed by atoms with Crippen molar-refractivity contribution >= 4 is 40.6 Å². The van der Waals surface area contributed by atoms with E-state index in [4.69, 9.17) is 25.8 Å². The summed E-state index contributed by atoms with van der Waals surface area (Å²) in [5.41, 5.74) is 1.31. The Morgan fingerprint density at radius 3 is 2.50 bits per heavy atom. The van der Waals surface area contributed by atoms with Gasteiger partial charge >= 0.3 is 6.09 Å². The van der Waals surface area contributed by atoms with Crippen LogP contribution < -0.4 is 14.8 Å². The van der Waals surface area contributed by atoms with Crippen LogP contribution in [-0.4, -0.2) is 65.5 Å². The summed E-state index contributed by atoms with van der Waals surface area (Å²) in [5.74, 6) is 0.609. The fraction of sp³-hybridized carbons (Fsp3) is 0.370. The molecule has 11 heteroatoms. The number of likely N-dealkylation sites (tertiary alicyclic amines) is 1. The molecule has 0 atom stereocenters. The molecule has 1 aromatic heterocycles. The van der Waals surface area contributed by atoms with Gasteiger partial charge in [-0.15, -0.1) is 11.3 Å². The first-order valence-corrected chi connectivity index (χ1v) is 13.3. The van der Waals surface area contributed by atoms with Crippen molar-refractivity contribution < 1.29 is 28.9 Å². The number of carbonyl (C=O) groups is 2. The predicted octanol–water partition coefficient (Wildman–Crippen LogP) is 5.26. The van der Waals surface area contributed by atoms with Gasteiger partial charge in [0, 0.05) is 35.4 Å². The minimum Gasteiger partial charge on any atom is -0.493 e. The van der Waals surface area contributed by atoms with Crippen LogP contribution in [0, 0.1) is 0 Å². The highest BCUT2D eigenvalue weighted by Gasteiger charge is 2.35. The van der Waals surface area contributed by atoms with E-state index in [9.17, 15) is 14.7 Å². The van der Waals surface area contributed by atoms with Gasteiger partial charge < -0.3 is 29.5 Å². The molecule has 1 aliphatic heterocycles. The maximum atomic E-state index is 13.2. The molecule has 2 aromatic carbocycles. The Bertz CT molecular complexity index is 1300. The number of ether oxygens (including phenoxy) is 3. The lowest BCUT2D eigenvalue weighted by Gasteiger charge is -2.39. The average Bonchev–Trinajstić information content (AvgIpc) is 3.25. The van der Waals surface area contributed by atoms with Crippen molar-refractivity contribution in [3.05, 3.63) is 58.1 Å². The zero-order valence-corrected chi connectivity index (χ0v) is 23.2. The normalized spacial score (nSPS) is 13.6. The largest absolute Gasteiger partial charge is 0.493 e. The number of aliphatic hydroxyl groups excluding tert-OH is 1. The lowest BCUT2D eigenvalue weighted by atomic mass is 10.1. The van der Waals surface area contributed by atoms with Crippen LogP contribution in [0.15, 0.2) is 42.5 Å². The van der Waals surface area contributed by atoms with Crippen LogP contribution in [0.25, 0.3) is 10.6 Å². The fourth-order valence-electron chi connectivity index (χ4n) is 3.72. The van der Waals surface area contributed by atoms with Gasteiger partial charge in [-0.25, -0.2) is 9.78 Å². The van der Waals surface area contributed by atoms with E-state index in [2.05, 4.69) is 10.3 Å². The number of methoxy groups -OCH3 is 1. The Balaban J connectivity index is 1.42. The molecule has 0 spiro atoms. The van der Waals surface area contributed by atoms with Crippen LogP contribution in [0.4, 0.5) is 10.5 Å². The number of hydrogen-bond donors (Lipinski definition) is 2. The first-order valence-electron chi connectivity index (χ1n) is 12.1. The molecule has 0 saturated carbocycles. The number of nitrogens with zero attached hydrogens (tertiary/aromatic N) is 2. The molecule has 3 aromatic rings. The molecular weight excluding hydrogens is 530 g/mol. The molecule has 1 saturated heterocycles. The van der Waals surface area contributed by atoms with E-state index in [1.807, 2.05) is 32.9 Å². The van der Waals surface area contributed by atoms with Crippen LogP contribution in [0.1, 0.15) is 36.1 Å². The Labute approximate surface area is 230 Å². The number of halogens is 1. The number of aliphatic hydroxyl groups is 1. The number of amides is 2. The van der Waals surface area contributed by atoms with Crippen LogP contribution in [0.5, 0.6) is 11.5 Å². The maximum Gasteiger partial charge on any atom is 0.410 e. The van der Waals surface area contributed by atoms with Crippen molar-refractivity contribution in [2.45, 2.75) is 38.9 Å². The van der Waals surface area contributed by atoms with E-state index in [0.29, 0.717) is 50.9 Å². The Hall–Kier alpha value is -3.34. The smallest absolute Gasteiger partial charge is 0.410 e. The van der Waals surface area contributed by atoms with Crippen molar-refractivity contribution in [2.75, 3.05) is 32.1 Å². The molecule has 0 bridgehead atoms. The number of hydrogen-bond acceptors (Lipinski definition) is 8. The standard InChI is InChI=1S/C27H30ClN3O6S/c1-27(2,3)37-26(34)31-14-19(15-31)36-21-10-9-18(13-22(21)35-4)29-24(33)23-20(11-12-32)30-25(38-23)16-5-7-17(28)8-6-16/h5-10,13,19,32H,11-12,14-15H2,1-4H3,(H,29,33). The van der Waals surface area contributed by atoms with Crippen LogP contribution in [0.3, 0.4) is 0 Å². The number of anilines is 1. The summed E-state index contributed by atoms with van der Waals surface area (Å²) in [4.78, 5) is 31.9. The van der Waals surface area contributed by atoms with E-state index < -0.39 is 5.60 Å². The Kier molecular flexibility index (Phi) is 8.44. The molecule has 4 rings (SSSR count). The fourth-order valence-corrected chi connectivity index (χ4v) is 4.86. The van der Waals surface area contributed by atoms with Crippen molar-refractivity contribution in [3.8, 4) is 22.1 Å². The number of carbonyl (C=O) groups excluding carboxylic acids is 2. The van der Waals surface area contributed by atoms with Gasteiger partial charge in [-0.3, -0.25) is 4.79 Å². The number of benzene rings is 2. The minimum atomic E-state index is -0.554. The number of nitrogens with one attached hydrogen (secondary N) is 1. The van der Waals surface area contributed by atoms with Gasteiger partial charge in [-0.1, -0.05) is 23.7 Å². The molecule has 1 fully saturated rings. The maximum absolute atomic E-state index is 13.2. The molecule has 0 unspecified atom stereocenters. The van der Waals surface area contributed by atoms with Gasteiger partial charge in [0.05, 0.1) is 25.9 Å². The summed E-state index contributed by atoms with van der Waals surface area (Å²) < 4.78 is 16.9. The van der Waals surface area contributed by atoms with Crippen molar-refractivity contribution in [1.29, 1.82) is 0 Å². The lowest BCUT2D eigenvalue weighted by molar-refractivity contribution is -0.0226. The van der Waals surface area contributed by atoms with Crippen LogP contribution in [-0.2, 0) is 11.2 Å². The van der Waals surface area contributed by atoms with E-state index in [-0.39, 0.29) is 31.1 Å². The molecule has 1 aliphatic rings. The second-order valence-corrected chi connectivity index (χ2v) is 11.2. The lowest BCUT2D eigenvalue weighted by Crippen LogP contribution is -2.57. The van der Waals surface area contributed by atoms with Gasteiger partial charge in [0.15, 0.2) is 11.5 Å². The zero-order chi connectivity index (χ0) is 27.4. The minimum absolute atomic E-state index is 0.129. The molecule has 2 amide bonds. The second-order valence-electron chi connectivity index (χ2n) is 9.72. The Morgan fingerprint density at radius 1 is 1.16 bits per heavy atom. The first-order chi connectivity index (χ1) is 18.1. The zero-order valence-electron chi connectivity index (χ0n) is 21.6. The highest BCUT2D eigenvalue weighted by Crippen LogP contribution is 2.34. The molecule has 202 valence electrons. The molecule has 2 N–H and O–H groups in total. The molecule has 0 radical (unpaired) electrons. The monoisotopic (exact) mass is 559 g/mol. The van der Waals surface area contributed by atoms with Gasteiger partial charge in [-0.2, -0.15) is 0 Å². The van der Waals surface area contributed by atoms with Crippen LogP contribution >= 0.6 is 22.9 Å². The third-order valence-corrected chi connectivity index (χ3v) is 6.96. The topological polar surface area (TPSA) is 110 Å². The summed E-state index contributed by atoms with van der Waals surface area (Å²) in [6.45, 7) is 6.16. The summed E-state index contributed by atoms with van der Waals surface area (Å²) in [7, 11) is 1.52. The van der Waals surface area contributed by atoms with E-state index >= 15 is 0 Å². The predicted molar refractivity (Wildman–Crippen MR) is 147 cm³/mol. The number of thiazole rings is 1. The summed E-state index contributed by atoms with van der Waals surface area (Å²) in [5, 5.41) is 13.6. The van der Waals surface area contributed by atoms with Crippen molar-refractivity contribution in [1.82, 2.24) is 9.88 Å².